The fourth-order valence-corrected chi connectivity index (χ4v) is 9.99. The smallest absolute Gasteiger partial charge is 0.413 e. The number of nitrogens with zero attached hydrogens (tertiary/aromatic N) is 7. The van der Waals surface area contributed by atoms with Crippen LogP contribution in [0.25, 0.3) is 0 Å². The van der Waals surface area contributed by atoms with Crippen molar-refractivity contribution in [3.8, 4) is 5.75 Å². The zero-order chi connectivity index (χ0) is 44.3. The minimum atomic E-state index is -1.25. The SMILES string of the molecule is CC(C)(C)OC(=O)N1CCC(C[C@@H](C(=O)N2CCN(c3ccncc3)CC2)N(C(=O)[C@H](N)Cc2cc(Br)c(O)c(Br)c2)C(=O)N2CCC3(CC2)OC(=O)Nc2ncccc23)CC1. The summed E-state index contributed by atoms with van der Waals surface area (Å²) in [6.45, 7) is 8.19. The first-order chi connectivity index (χ1) is 29.5. The number of piperidine rings is 2. The number of imide groups is 1. The van der Waals surface area contributed by atoms with Crippen molar-refractivity contribution in [1.82, 2.24) is 29.6 Å². The molecule has 19 heteroatoms. The number of halogens is 2. The predicted molar refractivity (Wildman–Crippen MR) is 236 cm³/mol. The van der Waals surface area contributed by atoms with Crippen molar-refractivity contribution in [2.75, 3.05) is 62.6 Å². The number of phenols is 1. The van der Waals surface area contributed by atoms with Gasteiger partial charge in [0.25, 0.3) is 0 Å². The van der Waals surface area contributed by atoms with Gasteiger partial charge >= 0.3 is 18.2 Å². The van der Waals surface area contributed by atoms with Crippen LogP contribution in [0.15, 0.2) is 63.9 Å². The fourth-order valence-electron chi connectivity index (χ4n) is 8.71. The average molecular weight is 984 g/mol. The Kier molecular flexibility index (Phi) is 13.6. The highest BCUT2D eigenvalue weighted by Gasteiger charge is 2.49. The molecule has 0 unspecified atom stereocenters. The van der Waals surface area contributed by atoms with Gasteiger partial charge in [0.05, 0.1) is 15.0 Å². The second-order valence-corrected chi connectivity index (χ2v) is 19.0. The lowest BCUT2D eigenvalue weighted by molar-refractivity contribution is -0.145. The third kappa shape index (κ3) is 10.1. The number of piperazine rings is 1. The van der Waals surface area contributed by atoms with E-state index in [0.717, 1.165) is 10.6 Å². The number of hydrogen-bond acceptors (Lipinski definition) is 12. The summed E-state index contributed by atoms with van der Waals surface area (Å²) in [5.41, 5.74) is 7.33. The number of aromatic hydroxyl groups is 1. The number of fused-ring (bicyclic) bond motifs is 2. The second kappa shape index (κ2) is 18.8. The third-order valence-corrected chi connectivity index (χ3v) is 13.2. The predicted octanol–water partition coefficient (Wildman–Crippen LogP) is 5.83. The summed E-state index contributed by atoms with van der Waals surface area (Å²) in [6, 6.07) is 7.59. The molecule has 62 heavy (non-hydrogen) atoms. The molecular formula is C43H53Br2N9O8. The molecule has 2 atom stereocenters. The molecule has 4 aliphatic heterocycles. The van der Waals surface area contributed by atoms with E-state index in [4.69, 9.17) is 15.2 Å². The number of rotatable bonds is 8. The lowest BCUT2D eigenvalue weighted by Gasteiger charge is -2.46. The molecule has 0 aliphatic carbocycles. The number of nitrogens with two attached hydrogens (primary N) is 1. The number of phenolic OH excluding ortho intramolecular Hbond substituents is 1. The van der Waals surface area contributed by atoms with Gasteiger partial charge in [-0.25, -0.2) is 19.4 Å². The van der Waals surface area contributed by atoms with Crippen LogP contribution in [-0.2, 0) is 31.1 Å². The minimum Gasteiger partial charge on any atom is -0.506 e. The molecular weight excluding hydrogens is 930 g/mol. The highest BCUT2D eigenvalue weighted by Crippen LogP contribution is 2.43. The quantitative estimate of drug-likeness (QED) is 0.244. The van der Waals surface area contributed by atoms with Gasteiger partial charge in [-0.05, 0) is 126 Å². The Balaban J connectivity index is 1.19. The van der Waals surface area contributed by atoms with Crippen LogP contribution >= 0.6 is 31.9 Å². The van der Waals surface area contributed by atoms with Gasteiger partial charge in [0.2, 0.25) is 11.8 Å². The highest BCUT2D eigenvalue weighted by atomic mass is 79.9. The average Bonchev–Trinajstić information content (AvgIpc) is 3.25. The van der Waals surface area contributed by atoms with Crippen LogP contribution in [-0.4, -0.2) is 135 Å². The molecule has 0 radical (unpaired) electrons. The maximum atomic E-state index is 15.2. The number of ether oxygens (including phenoxy) is 2. The molecule has 1 aromatic carbocycles. The van der Waals surface area contributed by atoms with Crippen LogP contribution in [0.3, 0.4) is 0 Å². The summed E-state index contributed by atoms with van der Waals surface area (Å²) >= 11 is 6.71. The molecule has 3 aromatic rings. The fraction of sp³-hybridized carbons (Fsp3) is 0.512. The first-order valence-corrected chi connectivity index (χ1v) is 22.5. The van der Waals surface area contributed by atoms with Crippen molar-refractivity contribution in [3.63, 3.8) is 0 Å². The van der Waals surface area contributed by atoms with E-state index in [0.29, 0.717) is 78.0 Å². The van der Waals surface area contributed by atoms with E-state index in [1.807, 2.05) is 39.0 Å². The molecule has 2 aromatic heterocycles. The van der Waals surface area contributed by atoms with Crippen molar-refractivity contribution in [3.05, 3.63) is 75.1 Å². The maximum absolute atomic E-state index is 15.2. The normalized spacial score (nSPS) is 18.9. The number of likely N-dealkylation sites (tertiary alicyclic amines) is 2. The highest BCUT2D eigenvalue weighted by molar-refractivity contribution is 9.11. The number of aromatic nitrogens is 2. The summed E-state index contributed by atoms with van der Waals surface area (Å²) in [5.74, 6) is -0.839. The number of amides is 6. The summed E-state index contributed by atoms with van der Waals surface area (Å²) < 4.78 is 12.3. The third-order valence-electron chi connectivity index (χ3n) is 12.0. The summed E-state index contributed by atoms with van der Waals surface area (Å²) in [7, 11) is 0. The first-order valence-electron chi connectivity index (χ1n) is 20.9. The van der Waals surface area contributed by atoms with Gasteiger partial charge in [-0.15, -0.1) is 0 Å². The largest absolute Gasteiger partial charge is 0.506 e. The lowest BCUT2D eigenvalue weighted by Crippen LogP contribution is -2.63. The Morgan fingerprint density at radius 1 is 0.952 bits per heavy atom. The topological polar surface area (TPSA) is 204 Å². The van der Waals surface area contributed by atoms with E-state index in [1.54, 1.807) is 46.6 Å². The van der Waals surface area contributed by atoms with Crippen molar-refractivity contribution in [1.29, 1.82) is 0 Å². The van der Waals surface area contributed by atoms with E-state index in [9.17, 15) is 19.5 Å². The Morgan fingerprint density at radius 3 is 2.23 bits per heavy atom. The van der Waals surface area contributed by atoms with Gasteiger partial charge in [-0.3, -0.25) is 24.8 Å². The number of nitrogens with one attached hydrogen (secondary N) is 1. The van der Waals surface area contributed by atoms with Crippen molar-refractivity contribution in [2.45, 2.75) is 82.6 Å². The summed E-state index contributed by atoms with van der Waals surface area (Å²) in [5, 5.41) is 13.0. The molecule has 1 spiro atoms. The van der Waals surface area contributed by atoms with E-state index in [1.165, 1.54) is 4.90 Å². The molecule has 7 rings (SSSR count). The van der Waals surface area contributed by atoms with Crippen molar-refractivity contribution >= 4 is 73.4 Å². The molecule has 6 amide bonds. The molecule has 3 fully saturated rings. The Morgan fingerprint density at radius 2 is 1.60 bits per heavy atom. The van der Waals surface area contributed by atoms with Crippen LogP contribution < -0.4 is 16.0 Å². The van der Waals surface area contributed by atoms with E-state index in [2.05, 4.69) is 52.0 Å². The second-order valence-electron chi connectivity index (χ2n) is 17.3. The Bertz CT molecular complexity index is 2130. The molecule has 6 heterocycles. The number of pyridine rings is 2. The lowest BCUT2D eigenvalue weighted by atomic mass is 9.83. The van der Waals surface area contributed by atoms with Gasteiger partial charge in [-0.2, -0.15) is 0 Å². The molecule has 17 nitrogen and oxygen atoms in total. The summed E-state index contributed by atoms with van der Waals surface area (Å²) in [6.07, 6.45) is 5.63. The van der Waals surface area contributed by atoms with Gasteiger partial charge in [-0.1, -0.05) is 0 Å². The monoisotopic (exact) mass is 981 g/mol. The Labute approximate surface area is 377 Å². The van der Waals surface area contributed by atoms with Crippen LogP contribution in [0.2, 0.25) is 0 Å². The molecule has 0 saturated carbocycles. The van der Waals surface area contributed by atoms with Crippen LogP contribution in [0.1, 0.15) is 64.0 Å². The van der Waals surface area contributed by atoms with Gasteiger partial charge in [0.1, 0.15) is 28.8 Å². The first kappa shape index (κ1) is 45.0. The van der Waals surface area contributed by atoms with E-state index >= 15 is 9.59 Å². The number of urea groups is 1. The van der Waals surface area contributed by atoms with Crippen LogP contribution in [0.5, 0.6) is 5.75 Å². The molecule has 332 valence electrons. The molecule has 4 N–H and O–H groups in total. The van der Waals surface area contributed by atoms with Gasteiger partial charge in [0, 0.05) is 95.0 Å². The number of benzene rings is 1. The van der Waals surface area contributed by atoms with Gasteiger partial charge < -0.3 is 39.9 Å². The van der Waals surface area contributed by atoms with Crippen molar-refractivity contribution < 1.29 is 38.6 Å². The standard InChI is InChI=1S/C43H53Br2N9O8/c1-42(2,3)62-41(60)53-15-8-27(9-16-53)26-34(38(57)51-21-19-50(20-22-51)29-6-13-47-14-7-29)54(37(56)33(46)25-28-23-31(44)35(55)32(45)24-28)40(59)52-17-10-43(11-18-52)30-5-4-12-48-36(30)49-39(58)61-43/h4-7,12-14,23-24,27,33-34,55H,8-11,15-22,25-26,46H2,1-3H3,(H,48,49,58)/t33-,34+/m1/s1. The van der Waals surface area contributed by atoms with Crippen molar-refractivity contribution in [2.24, 2.45) is 11.7 Å². The zero-order valence-corrected chi connectivity index (χ0v) is 38.3. The van der Waals surface area contributed by atoms with Crippen LogP contribution in [0, 0.1) is 5.92 Å². The summed E-state index contributed by atoms with van der Waals surface area (Å²) in [4.78, 5) is 87.5. The number of carbonyl (C=O) groups is 5. The minimum absolute atomic E-state index is 0.00423. The number of anilines is 2. The maximum Gasteiger partial charge on any atom is 0.413 e. The van der Waals surface area contributed by atoms with E-state index in [-0.39, 0.29) is 56.3 Å². The van der Waals surface area contributed by atoms with Gasteiger partial charge in [0.15, 0.2) is 0 Å². The number of hydrogen-bond donors (Lipinski definition) is 3. The Hall–Kier alpha value is -5.01. The molecule has 0 bridgehead atoms. The van der Waals surface area contributed by atoms with E-state index < -0.39 is 47.4 Å². The van der Waals surface area contributed by atoms with Crippen LogP contribution in [0.4, 0.5) is 25.9 Å². The zero-order valence-electron chi connectivity index (χ0n) is 35.1. The molecule has 3 saturated heterocycles. The molecule has 4 aliphatic rings. The number of carbonyl (C=O) groups excluding carboxylic acids is 5.